The maximum absolute atomic E-state index is 5.32. The van der Waals surface area contributed by atoms with Crippen LogP contribution in [0.2, 0.25) is 0 Å². The third kappa shape index (κ3) is 1.95. The van der Waals surface area contributed by atoms with Crippen LogP contribution in [-0.4, -0.2) is 18.1 Å². The molecule has 1 unspecified atom stereocenters. The molecule has 16 heavy (non-hydrogen) atoms. The van der Waals surface area contributed by atoms with E-state index in [0.717, 1.165) is 30.0 Å². The second kappa shape index (κ2) is 4.26. The van der Waals surface area contributed by atoms with Crippen molar-refractivity contribution >= 4 is 11.1 Å². The Morgan fingerprint density at radius 1 is 1.44 bits per heavy atom. The number of nitrogens with one attached hydrogen (secondary N) is 1. The van der Waals surface area contributed by atoms with E-state index in [1.54, 1.807) is 0 Å². The summed E-state index contributed by atoms with van der Waals surface area (Å²) in [4.78, 5) is 4.13. The summed E-state index contributed by atoms with van der Waals surface area (Å²) >= 11 is 0. The monoisotopic (exact) mass is 216 g/mol. The highest BCUT2D eigenvalue weighted by Crippen LogP contribution is 2.20. The fourth-order valence-corrected chi connectivity index (χ4v) is 2.46. The zero-order chi connectivity index (χ0) is 10.8. The molecule has 1 saturated heterocycles. The van der Waals surface area contributed by atoms with E-state index in [4.69, 9.17) is 4.42 Å². The molecule has 1 atom stereocenters. The van der Waals surface area contributed by atoms with Gasteiger partial charge >= 0.3 is 0 Å². The fourth-order valence-electron chi connectivity index (χ4n) is 2.46. The lowest BCUT2D eigenvalue weighted by Crippen LogP contribution is -2.30. The quantitative estimate of drug-likeness (QED) is 0.837. The van der Waals surface area contributed by atoms with Gasteiger partial charge in [0.2, 0.25) is 0 Å². The highest BCUT2D eigenvalue weighted by atomic mass is 16.3. The zero-order valence-corrected chi connectivity index (χ0v) is 9.28. The van der Waals surface area contributed by atoms with Crippen LogP contribution in [-0.2, 0) is 6.42 Å². The minimum Gasteiger partial charge on any atom is -0.443 e. The van der Waals surface area contributed by atoms with Crippen molar-refractivity contribution in [2.24, 2.45) is 5.92 Å². The van der Waals surface area contributed by atoms with Crippen molar-refractivity contribution in [3.05, 3.63) is 30.2 Å². The molecular formula is C13H16N2O. The molecule has 84 valence electrons. The summed E-state index contributed by atoms with van der Waals surface area (Å²) in [6, 6.07) is 6.33. The molecule has 0 amide bonds. The van der Waals surface area contributed by atoms with Gasteiger partial charge in [0.15, 0.2) is 12.0 Å². The van der Waals surface area contributed by atoms with Crippen molar-refractivity contribution in [1.29, 1.82) is 0 Å². The molecule has 3 rings (SSSR count). The number of hydrogen-bond acceptors (Lipinski definition) is 3. The number of fused-ring (bicyclic) bond motifs is 1. The van der Waals surface area contributed by atoms with Crippen molar-refractivity contribution in [2.45, 2.75) is 19.3 Å². The van der Waals surface area contributed by atoms with Crippen LogP contribution >= 0.6 is 0 Å². The van der Waals surface area contributed by atoms with E-state index in [1.807, 2.05) is 6.07 Å². The molecule has 1 aliphatic rings. The minimum atomic E-state index is 0.772. The number of hydrogen-bond donors (Lipinski definition) is 1. The minimum absolute atomic E-state index is 0.772. The summed E-state index contributed by atoms with van der Waals surface area (Å²) in [5.41, 5.74) is 3.21. The van der Waals surface area contributed by atoms with Crippen molar-refractivity contribution in [3.63, 3.8) is 0 Å². The Morgan fingerprint density at radius 2 is 2.44 bits per heavy atom. The lowest BCUT2D eigenvalue weighted by molar-refractivity contribution is 0.376. The first-order valence-electron chi connectivity index (χ1n) is 5.95. The topological polar surface area (TPSA) is 38.1 Å². The molecular weight excluding hydrogens is 200 g/mol. The second-order valence-corrected chi connectivity index (χ2v) is 4.57. The SMILES string of the molecule is c1nc2ccc(CC3CCCNC3)cc2o1. The van der Waals surface area contributed by atoms with Gasteiger partial charge in [-0.3, -0.25) is 0 Å². The van der Waals surface area contributed by atoms with Crippen molar-refractivity contribution in [3.8, 4) is 0 Å². The highest BCUT2D eigenvalue weighted by molar-refractivity contribution is 5.72. The van der Waals surface area contributed by atoms with Crippen LogP contribution in [0.3, 0.4) is 0 Å². The van der Waals surface area contributed by atoms with E-state index in [2.05, 4.69) is 22.4 Å². The van der Waals surface area contributed by atoms with E-state index in [0.29, 0.717) is 0 Å². The molecule has 3 heteroatoms. The van der Waals surface area contributed by atoms with Crippen molar-refractivity contribution in [1.82, 2.24) is 10.3 Å². The summed E-state index contributed by atoms with van der Waals surface area (Å²) < 4.78 is 5.32. The highest BCUT2D eigenvalue weighted by Gasteiger charge is 2.13. The number of aromatic nitrogens is 1. The van der Waals surface area contributed by atoms with E-state index in [1.165, 1.54) is 31.3 Å². The number of piperidine rings is 1. The number of nitrogens with zero attached hydrogens (tertiary/aromatic N) is 1. The van der Waals surface area contributed by atoms with Gasteiger partial charge in [-0.15, -0.1) is 0 Å². The summed E-state index contributed by atoms with van der Waals surface area (Å²) in [7, 11) is 0. The van der Waals surface area contributed by atoms with Crippen LogP contribution < -0.4 is 5.32 Å². The first-order valence-corrected chi connectivity index (χ1v) is 5.95. The molecule has 1 aliphatic heterocycles. The number of benzene rings is 1. The number of oxazole rings is 1. The molecule has 1 N–H and O–H groups in total. The first-order chi connectivity index (χ1) is 7.92. The van der Waals surface area contributed by atoms with Gasteiger partial charge in [-0.25, -0.2) is 4.98 Å². The van der Waals surface area contributed by atoms with Crippen LogP contribution in [0.15, 0.2) is 29.0 Å². The molecule has 2 heterocycles. The van der Waals surface area contributed by atoms with Gasteiger partial charge in [0.1, 0.15) is 5.52 Å². The van der Waals surface area contributed by atoms with Crippen LogP contribution in [0.5, 0.6) is 0 Å². The smallest absolute Gasteiger partial charge is 0.181 e. The second-order valence-electron chi connectivity index (χ2n) is 4.57. The number of rotatable bonds is 2. The van der Waals surface area contributed by atoms with Gasteiger partial charge in [-0.2, -0.15) is 0 Å². The van der Waals surface area contributed by atoms with E-state index in [9.17, 15) is 0 Å². The molecule has 0 aliphatic carbocycles. The van der Waals surface area contributed by atoms with E-state index in [-0.39, 0.29) is 0 Å². The summed E-state index contributed by atoms with van der Waals surface area (Å²) in [6.07, 6.45) is 5.29. The lowest BCUT2D eigenvalue weighted by Gasteiger charge is -2.22. The van der Waals surface area contributed by atoms with Crippen LogP contribution in [0.1, 0.15) is 18.4 Å². The van der Waals surface area contributed by atoms with Crippen molar-refractivity contribution < 1.29 is 4.42 Å². The van der Waals surface area contributed by atoms with Crippen LogP contribution in [0, 0.1) is 5.92 Å². The summed E-state index contributed by atoms with van der Waals surface area (Å²) in [6.45, 7) is 2.33. The van der Waals surface area contributed by atoms with Gasteiger partial charge < -0.3 is 9.73 Å². The Morgan fingerprint density at radius 3 is 3.31 bits per heavy atom. The molecule has 1 aromatic heterocycles. The van der Waals surface area contributed by atoms with Gasteiger partial charge in [0.05, 0.1) is 0 Å². The third-order valence-electron chi connectivity index (χ3n) is 3.32. The Hall–Kier alpha value is -1.35. The summed E-state index contributed by atoms with van der Waals surface area (Å²) in [5.74, 6) is 0.772. The van der Waals surface area contributed by atoms with Crippen LogP contribution in [0.4, 0.5) is 0 Å². The first kappa shape index (κ1) is 9.85. The summed E-state index contributed by atoms with van der Waals surface area (Å²) in [5, 5.41) is 3.45. The largest absolute Gasteiger partial charge is 0.443 e. The third-order valence-corrected chi connectivity index (χ3v) is 3.32. The van der Waals surface area contributed by atoms with Gasteiger partial charge in [0.25, 0.3) is 0 Å². The molecule has 0 bridgehead atoms. The Balaban J connectivity index is 1.77. The average molecular weight is 216 g/mol. The lowest BCUT2D eigenvalue weighted by atomic mass is 9.92. The molecule has 0 radical (unpaired) electrons. The van der Waals surface area contributed by atoms with E-state index >= 15 is 0 Å². The predicted molar refractivity (Wildman–Crippen MR) is 63.3 cm³/mol. The normalized spacial score (nSPS) is 21.4. The fraction of sp³-hybridized carbons (Fsp3) is 0.462. The predicted octanol–water partition coefficient (Wildman–Crippen LogP) is 2.37. The van der Waals surface area contributed by atoms with Crippen LogP contribution in [0.25, 0.3) is 11.1 Å². The molecule has 2 aromatic rings. The van der Waals surface area contributed by atoms with Gasteiger partial charge in [0, 0.05) is 0 Å². The molecule has 3 nitrogen and oxygen atoms in total. The Labute approximate surface area is 94.9 Å². The maximum Gasteiger partial charge on any atom is 0.181 e. The molecule has 1 fully saturated rings. The van der Waals surface area contributed by atoms with Gasteiger partial charge in [-0.1, -0.05) is 6.07 Å². The standard InChI is InChI=1S/C13H16N2O/c1-2-11(8-14-5-1)6-10-3-4-12-13(7-10)16-9-15-12/h3-4,7,9,11,14H,1-2,5-6,8H2. The molecule has 0 spiro atoms. The zero-order valence-electron chi connectivity index (χ0n) is 9.28. The van der Waals surface area contributed by atoms with Gasteiger partial charge in [-0.05, 0) is 56.0 Å². The molecule has 0 saturated carbocycles. The Bertz CT molecular complexity index is 471. The Kier molecular flexibility index (Phi) is 2.62. The van der Waals surface area contributed by atoms with E-state index < -0.39 is 0 Å². The average Bonchev–Trinajstić information content (AvgIpc) is 2.77. The van der Waals surface area contributed by atoms with Crippen molar-refractivity contribution in [2.75, 3.05) is 13.1 Å². The maximum atomic E-state index is 5.32. The molecule has 1 aromatic carbocycles.